The number of amides is 1. The van der Waals surface area contributed by atoms with Crippen LogP contribution in [0.1, 0.15) is 9.67 Å². The van der Waals surface area contributed by atoms with E-state index >= 15 is 0 Å². The van der Waals surface area contributed by atoms with Gasteiger partial charge in [0.1, 0.15) is 9.88 Å². The van der Waals surface area contributed by atoms with E-state index in [2.05, 4.69) is 14.9 Å². The standard InChI is InChI=1S/C7H6N4OS2/c8-4-1-2-13-6(4)7(12)10-5-3-9-11-14-5/h1-3H,8H2,(H,10,12). The van der Waals surface area contributed by atoms with Crippen LogP contribution in [-0.4, -0.2) is 15.5 Å². The third-order valence-corrected chi connectivity index (χ3v) is 3.01. The highest BCUT2D eigenvalue weighted by molar-refractivity contribution is 7.13. The number of aromatic nitrogens is 2. The van der Waals surface area contributed by atoms with Crippen LogP contribution in [-0.2, 0) is 0 Å². The van der Waals surface area contributed by atoms with Crippen LogP contribution in [0.25, 0.3) is 0 Å². The van der Waals surface area contributed by atoms with Gasteiger partial charge in [-0.3, -0.25) is 4.79 Å². The van der Waals surface area contributed by atoms with Crippen molar-refractivity contribution in [2.45, 2.75) is 0 Å². The van der Waals surface area contributed by atoms with Crippen LogP contribution >= 0.6 is 22.9 Å². The molecule has 1 amide bonds. The summed E-state index contributed by atoms with van der Waals surface area (Å²) in [6.07, 6.45) is 1.49. The molecule has 3 N–H and O–H groups in total. The molecule has 0 aliphatic carbocycles. The number of carbonyl (C=O) groups excluding carboxylic acids is 1. The molecular weight excluding hydrogens is 220 g/mol. The lowest BCUT2D eigenvalue weighted by Crippen LogP contribution is -2.10. The van der Waals surface area contributed by atoms with Gasteiger partial charge in [-0.1, -0.05) is 4.49 Å². The Bertz CT molecular complexity index is 436. The first-order valence-electron chi connectivity index (χ1n) is 3.69. The normalized spacial score (nSPS) is 10.0. The fourth-order valence-corrected chi connectivity index (χ4v) is 2.02. The second-order valence-electron chi connectivity index (χ2n) is 2.44. The molecule has 2 aromatic rings. The predicted molar refractivity (Wildman–Crippen MR) is 56.6 cm³/mol. The van der Waals surface area contributed by atoms with Gasteiger partial charge in [0.15, 0.2) is 0 Å². The molecule has 5 nitrogen and oxygen atoms in total. The molecule has 0 radical (unpaired) electrons. The summed E-state index contributed by atoms with van der Waals surface area (Å²) in [7, 11) is 0. The summed E-state index contributed by atoms with van der Waals surface area (Å²) in [5, 5.41) is 8.64. The van der Waals surface area contributed by atoms with Crippen LogP contribution in [0.2, 0.25) is 0 Å². The van der Waals surface area contributed by atoms with Crippen molar-refractivity contribution in [1.82, 2.24) is 9.59 Å². The van der Waals surface area contributed by atoms with E-state index in [9.17, 15) is 4.79 Å². The number of nitrogen functional groups attached to an aromatic ring is 1. The number of nitrogens with one attached hydrogen (secondary N) is 1. The number of nitrogens with zero attached hydrogens (tertiary/aromatic N) is 2. The van der Waals surface area contributed by atoms with E-state index in [4.69, 9.17) is 5.73 Å². The van der Waals surface area contributed by atoms with Gasteiger partial charge < -0.3 is 11.1 Å². The average Bonchev–Trinajstić information content (AvgIpc) is 2.75. The molecule has 0 aliphatic heterocycles. The SMILES string of the molecule is Nc1ccsc1C(=O)Nc1cnns1. The van der Waals surface area contributed by atoms with Gasteiger partial charge in [-0.25, -0.2) is 0 Å². The van der Waals surface area contributed by atoms with E-state index in [1.54, 1.807) is 11.4 Å². The van der Waals surface area contributed by atoms with E-state index in [1.807, 2.05) is 0 Å². The molecule has 0 bridgehead atoms. The zero-order chi connectivity index (χ0) is 9.97. The highest BCUT2D eigenvalue weighted by Crippen LogP contribution is 2.20. The van der Waals surface area contributed by atoms with Gasteiger partial charge in [0.2, 0.25) is 0 Å². The fourth-order valence-electron chi connectivity index (χ4n) is 0.895. The van der Waals surface area contributed by atoms with Crippen LogP contribution in [0.5, 0.6) is 0 Å². The molecule has 0 atom stereocenters. The maximum absolute atomic E-state index is 11.6. The van der Waals surface area contributed by atoms with Crippen molar-refractivity contribution >= 4 is 39.5 Å². The zero-order valence-electron chi connectivity index (χ0n) is 6.93. The molecule has 0 fully saturated rings. The van der Waals surface area contributed by atoms with Gasteiger partial charge in [-0.15, -0.1) is 16.4 Å². The molecule has 0 aromatic carbocycles. The molecule has 0 aliphatic rings. The summed E-state index contributed by atoms with van der Waals surface area (Å²) in [5.41, 5.74) is 6.08. The van der Waals surface area contributed by atoms with Gasteiger partial charge in [-0.2, -0.15) is 0 Å². The molecular formula is C7H6N4OS2. The van der Waals surface area contributed by atoms with Gasteiger partial charge in [0, 0.05) is 11.5 Å². The van der Waals surface area contributed by atoms with E-state index in [0.717, 1.165) is 11.5 Å². The summed E-state index contributed by atoms with van der Waals surface area (Å²) in [5.74, 6) is -0.219. The smallest absolute Gasteiger partial charge is 0.268 e. The number of nitrogens with two attached hydrogens (primary N) is 1. The van der Waals surface area contributed by atoms with Crippen LogP contribution in [0.3, 0.4) is 0 Å². The molecule has 0 spiro atoms. The Morgan fingerprint density at radius 2 is 2.43 bits per heavy atom. The van der Waals surface area contributed by atoms with Crippen molar-refractivity contribution in [1.29, 1.82) is 0 Å². The molecule has 2 aromatic heterocycles. The topological polar surface area (TPSA) is 80.9 Å². The summed E-state index contributed by atoms with van der Waals surface area (Å²) in [4.78, 5) is 12.1. The third-order valence-electron chi connectivity index (χ3n) is 1.50. The Hall–Kier alpha value is -1.47. The first-order valence-corrected chi connectivity index (χ1v) is 5.34. The van der Waals surface area contributed by atoms with E-state index in [0.29, 0.717) is 15.6 Å². The number of hydrogen-bond acceptors (Lipinski definition) is 6. The van der Waals surface area contributed by atoms with Crippen LogP contribution in [0, 0.1) is 0 Å². The number of hydrogen-bond donors (Lipinski definition) is 2. The Morgan fingerprint density at radius 1 is 1.57 bits per heavy atom. The van der Waals surface area contributed by atoms with Gasteiger partial charge in [0.25, 0.3) is 5.91 Å². The minimum Gasteiger partial charge on any atom is -0.397 e. The molecule has 0 saturated heterocycles. The summed E-state index contributed by atoms with van der Waals surface area (Å²) >= 11 is 2.43. The number of carbonyl (C=O) groups is 1. The van der Waals surface area contributed by atoms with Gasteiger partial charge in [0.05, 0.1) is 11.9 Å². The summed E-state index contributed by atoms with van der Waals surface area (Å²) in [6, 6.07) is 1.70. The van der Waals surface area contributed by atoms with Crippen molar-refractivity contribution in [3.8, 4) is 0 Å². The molecule has 2 rings (SSSR count). The van der Waals surface area contributed by atoms with E-state index in [-0.39, 0.29) is 5.91 Å². The second-order valence-corrected chi connectivity index (χ2v) is 4.14. The monoisotopic (exact) mass is 226 g/mol. The number of anilines is 2. The van der Waals surface area contributed by atoms with Crippen molar-refractivity contribution in [2.24, 2.45) is 0 Å². The van der Waals surface area contributed by atoms with E-state index in [1.165, 1.54) is 17.5 Å². The Balaban J connectivity index is 2.14. The molecule has 0 unspecified atom stereocenters. The van der Waals surface area contributed by atoms with Crippen molar-refractivity contribution in [2.75, 3.05) is 11.1 Å². The lowest BCUT2D eigenvalue weighted by molar-refractivity contribution is 0.103. The first kappa shape index (κ1) is 9.10. The van der Waals surface area contributed by atoms with Crippen LogP contribution < -0.4 is 11.1 Å². The van der Waals surface area contributed by atoms with E-state index < -0.39 is 0 Å². The quantitative estimate of drug-likeness (QED) is 0.811. The lowest BCUT2D eigenvalue weighted by Gasteiger charge is -1.98. The fraction of sp³-hybridized carbons (Fsp3) is 0. The molecule has 72 valence electrons. The van der Waals surface area contributed by atoms with Crippen LogP contribution in [0.15, 0.2) is 17.6 Å². The Labute approximate surface area is 87.7 Å². The van der Waals surface area contributed by atoms with Crippen molar-refractivity contribution < 1.29 is 4.79 Å². The maximum Gasteiger partial charge on any atom is 0.268 e. The Kier molecular flexibility index (Phi) is 2.42. The minimum absolute atomic E-state index is 0.219. The highest BCUT2D eigenvalue weighted by Gasteiger charge is 2.11. The highest BCUT2D eigenvalue weighted by atomic mass is 32.1. The number of rotatable bonds is 2. The second kappa shape index (κ2) is 3.72. The largest absolute Gasteiger partial charge is 0.397 e. The summed E-state index contributed by atoms with van der Waals surface area (Å²) in [6.45, 7) is 0. The van der Waals surface area contributed by atoms with Gasteiger partial charge in [-0.05, 0) is 11.4 Å². The third kappa shape index (κ3) is 1.73. The first-order chi connectivity index (χ1) is 6.77. The Morgan fingerprint density at radius 3 is 3.00 bits per heavy atom. The van der Waals surface area contributed by atoms with Crippen molar-refractivity contribution in [3.63, 3.8) is 0 Å². The summed E-state index contributed by atoms with van der Waals surface area (Å²) < 4.78 is 3.63. The number of thiophene rings is 1. The molecule has 0 saturated carbocycles. The maximum atomic E-state index is 11.6. The zero-order valence-corrected chi connectivity index (χ0v) is 8.56. The lowest BCUT2D eigenvalue weighted by atomic mass is 10.4. The van der Waals surface area contributed by atoms with Gasteiger partial charge >= 0.3 is 0 Å². The van der Waals surface area contributed by atoms with Crippen LogP contribution in [0.4, 0.5) is 10.7 Å². The molecule has 14 heavy (non-hydrogen) atoms. The average molecular weight is 226 g/mol. The molecule has 2 heterocycles. The molecule has 7 heteroatoms. The minimum atomic E-state index is -0.219. The predicted octanol–water partition coefficient (Wildman–Crippen LogP) is 1.43. The van der Waals surface area contributed by atoms with Crippen molar-refractivity contribution in [3.05, 3.63) is 22.5 Å².